The standard InChI is InChI=1S/C25H26N4O4/c1-5-16(2)8-21(26-3)18-10-22-25(27-11-18)29(24(31)15-33-22)14-23(30)28-12-17-6-7-20(32-4)9-19(17)13-28/h5-11H,1,12-15H2,2-4H3/b16-8-,26-21?. The van der Waals surface area contributed by atoms with Crippen LogP contribution in [-0.4, -0.2) is 54.7 Å². The van der Waals surface area contributed by atoms with Crippen molar-refractivity contribution in [1.82, 2.24) is 9.88 Å². The molecule has 0 unspecified atom stereocenters. The number of fused-ring (bicyclic) bond motifs is 2. The molecule has 1 aromatic heterocycles. The Kier molecular flexibility index (Phi) is 6.26. The molecule has 3 heterocycles. The summed E-state index contributed by atoms with van der Waals surface area (Å²) in [5, 5.41) is 0. The summed E-state index contributed by atoms with van der Waals surface area (Å²) in [6, 6.07) is 7.58. The second-order valence-electron chi connectivity index (χ2n) is 7.90. The monoisotopic (exact) mass is 446 g/mol. The van der Waals surface area contributed by atoms with E-state index in [2.05, 4.69) is 16.6 Å². The first kappa shape index (κ1) is 22.3. The third-order valence-corrected chi connectivity index (χ3v) is 5.75. The van der Waals surface area contributed by atoms with Crippen LogP contribution in [0, 0.1) is 0 Å². The average Bonchev–Trinajstić information content (AvgIpc) is 3.27. The highest BCUT2D eigenvalue weighted by molar-refractivity contribution is 6.10. The van der Waals surface area contributed by atoms with Gasteiger partial charge in [0.2, 0.25) is 5.91 Å². The molecule has 8 heteroatoms. The lowest BCUT2D eigenvalue weighted by atomic mass is 10.1. The number of hydrogen-bond acceptors (Lipinski definition) is 6. The number of aromatic nitrogens is 1. The van der Waals surface area contributed by atoms with E-state index in [0.717, 1.165) is 33.7 Å². The number of aliphatic imine (C=N–C) groups is 1. The van der Waals surface area contributed by atoms with Crippen LogP contribution in [0.15, 0.2) is 59.8 Å². The summed E-state index contributed by atoms with van der Waals surface area (Å²) >= 11 is 0. The molecule has 2 amide bonds. The molecule has 0 aliphatic carbocycles. The van der Waals surface area contributed by atoms with Gasteiger partial charge in [0, 0.05) is 31.9 Å². The van der Waals surface area contributed by atoms with E-state index in [1.165, 1.54) is 4.90 Å². The maximum absolute atomic E-state index is 13.1. The van der Waals surface area contributed by atoms with Crippen molar-refractivity contribution in [3.8, 4) is 11.5 Å². The summed E-state index contributed by atoms with van der Waals surface area (Å²) in [4.78, 5) is 37.5. The van der Waals surface area contributed by atoms with Gasteiger partial charge in [0.05, 0.1) is 12.8 Å². The molecule has 170 valence electrons. The van der Waals surface area contributed by atoms with Crippen LogP contribution < -0.4 is 14.4 Å². The quantitative estimate of drug-likeness (QED) is 0.503. The Morgan fingerprint density at radius 1 is 1.30 bits per heavy atom. The predicted octanol–water partition coefficient (Wildman–Crippen LogP) is 2.91. The molecule has 0 spiro atoms. The Hall–Kier alpha value is -3.94. The normalized spacial score (nSPS) is 15.7. The average molecular weight is 447 g/mol. The highest BCUT2D eigenvalue weighted by atomic mass is 16.5. The first-order chi connectivity index (χ1) is 15.9. The van der Waals surface area contributed by atoms with Crippen molar-refractivity contribution in [2.75, 3.05) is 32.2 Å². The van der Waals surface area contributed by atoms with Crippen LogP contribution in [0.5, 0.6) is 11.5 Å². The van der Waals surface area contributed by atoms with Gasteiger partial charge in [0.1, 0.15) is 12.3 Å². The molecular formula is C25H26N4O4. The zero-order chi connectivity index (χ0) is 23.5. The molecule has 2 aliphatic rings. The number of nitrogens with zero attached hydrogens (tertiary/aromatic N) is 4. The number of carbonyl (C=O) groups is 2. The Labute approximate surface area is 192 Å². The summed E-state index contributed by atoms with van der Waals surface area (Å²) in [6.07, 6.45) is 5.27. The second-order valence-corrected chi connectivity index (χ2v) is 7.90. The van der Waals surface area contributed by atoms with E-state index < -0.39 is 0 Å². The van der Waals surface area contributed by atoms with Gasteiger partial charge in [0.15, 0.2) is 18.2 Å². The predicted molar refractivity (Wildman–Crippen MR) is 126 cm³/mol. The van der Waals surface area contributed by atoms with E-state index in [1.807, 2.05) is 31.2 Å². The van der Waals surface area contributed by atoms with Crippen molar-refractivity contribution in [3.63, 3.8) is 0 Å². The topological polar surface area (TPSA) is 84.3 Å². The SMILES string of the molecule is C=C/C(C)=C\C(=NC)c1cnc2c(c1)OCC(=O)N2CC(=O)N1Cc2ccc(OC)cc2C1. The van der Waals surface area contributed by atoms with Crippen molar-refractivity contribution in [3.05, 3.63) is 71.5 Å². The van der Waals surface area contributed by atoms with Crippen LogP contribution in [0.25, 0.3) is 0 Å². The first-order valence-corrected chi connectivity index (χ1v) is 10.6. The minimum absolute atomic E-state index is 0.100. The summed E-state index contributed by atoms with van der Waals surface area (Å²) in [5.74, 6) is 1.08. The molecule has 8 nitrogen and oxygen atoms in total. The summed E-state index contributed by atoms with van der Waals surface area (Å²) < 4.78 is 10.9. The second kappa shape index (κ2) is 9.28. The first-order valence-electron chi connectivity index (χ1n) is 10.6. The van der Waals surface area contributed by atoms with Gasteiger partial charge in [-0.3, -0.25) is 19.5 Å². The van der Waals surface area contributed by atoms with Gasteiger partial charge in [0.25, 0.3) is 5.91 Å². The van der Waals surface area contributed by atoms with Gasteiger partial charge in [-0.1, -0.05) is 18.7 Å². The number of hydrogen-bond donors (Lipinski definition) is 0. The highest BCUT2D eigenvalue weighted by Crippen LogP contribution is 2.32. The van der Waals surface area contributed by atoms with Gasteiger partial charge in [-0.2, -0.15) is 0 Å². The van der Waals surface area contributed by atoms with E-state index in [9.17, 15) is 9.59 Å². The molecule has 1 aromatic carbocycles. The van der Waals surface area contributed by atoms with Crippen molar-refractivity contribution >= 4 is 23.3 Å². The zero-order valence-corrected chi connectivity index (χ0v) is 19.0. The minimum atomic E-state index is -0.304. The number of methoxy groups -OCH3 is 1. The lowest BCUT2D eigenvalue weighted by molar-refractivity contribution is -0.132. The summed E-state index contributed by atoms with van der Waals surface area (Å²) in [5.41, 5.74) is 4.56. The number of ether oxygens (including phenoxy) is 2. The minimum Gasteiger partial charge on any atom is -0.497 e. The molecule has 0 radical (unpaired) electrons. The number of anilines is 1. The molecule has 0 fully saturated rings. The number of carbonyl (C=O) groups excluding carboxylic acids is 2. The number of benzene rings is 1. The summed E-state index contributed by atoms with van der Waals surface area (Å²) in [7, 11) is 3.31. The largest absolute Gasteiger partial charge is 0.497 e. The maximum atomic E-state index is 13.1. The van der Waals surface area contributed by atoms with E-state index in [4.69, 9.17) is 9.47 Å². The molecule has 33 heavy (non-hydrogen) atoms. The fraction of sp³-hybridized carbons (Fsp3) is 0.280. The Morgan fingerprint density at radius 2 is 2.09 bits per heavy atom. The molecule has 0 N–H and O–H groups in total. The van der Waals surface area contributed by atoms with Crippen molar-refractivity contribution in [2.45, 2.75) is 20.0 Å². The van der Waals surface area contributed by atoms with Crippen LogP contribution >= 0.6 is 0 Å². The van der Waals surface area contributed by atoms with Crippen LogP contribution in [0.2, 0.25) is 0 Å². The van der Waals surface area contributed by atoms with E-state index in [1.54, 1.807) is 37.4 Å². The van der Waals surface area contributed by atoms with Crippen LogP contribution in [0.1, 0.15) is 23.6 Å². The molecule has 0 saturated heterocycles. The summed E-state index contributed by atoms with van der Waals surface area (Å²) in [6.45, 7) is 6.42. The van der Waals surface area contributed by atoms with E-state index in [-0.39, 0.29) is 25.0 Å². The smallest absolute Gasteiger partial charge is 0.266 e. The van der Waals surface area contributed by atoms with Crippen molar-refractivity contribution < 1.29 is 19.1 Å². The van der Waals surface area contributed by atoms with Gasteiger partial charge in [-0.05, 0) is 47.9 Å². The lowest BCUT2D eigenvalue weighted by Gasteiger charge is -2.29. The fourth-order valence-corrected chi connectivity index (χ4v) is 3.85. The number of pyridine rings is 1. The molecule has 0 saturated carbocycles. The van der Waals surface area contributed by atoms with Gasteiger partial charge >= 0.3 is 0 Å². The van der Waals surface area contributed by atoms with Gasteiger partial charge < -0.3 is 14.4 Å². The highest BCUT2D eigenvalue weighted by Gasteiger charge is 2.32. The van der Waals surface area contributed by atoms with Gasteiger partial charge in [-0.15, -0.1) is 0 Å². The lowest BCUT2D eigenvalue weighted by Crippen LogP contribution is -2.45. The third kappa shape index (κ3) is 4.50. The Bertz CT molecular complexity index is 1180. The third-order valence-electron chi connectivity index (χ3n) is 5.75. The number of rotatable bonds is 6. The molecular weight excluding hydrogens is 420 g/mol. The molecule has 2 aromatic rings. The van der Waals surface area contributed by atoms with Gasteiger partial charge in [-0.25, -0.2) is 4.98 Å². The molecule has 2 aliphatic heterocycles. The van der Waals surface area contributed by atoms with Crippen LogP contribution in [-0.2, 0) is 22.7 Å². The molecule has 0 bridgehead atoms. The number of allylic oxidation sites excluding steroid dienone is 3. The number of amides is 2. The fourth-order valence-electron chi connectivity index (χ4n) is 3.85. The maximum Gasteiger partial charge on any atom is 0.266 e. The zero-order valence-electron chi connectivity index (χ0n) is 19.0. The van der Waals surface area contributed by atoms with Crippen molar-refractivity contribution in [1.29, 1.82) is 0 Å². The van der Waals surface area contributed by atoms with E-state index in [0.29, 0.717) is 24.7 Å². The van der Waals surface area contributed by atoms with Crippen molar-refractivity contribution in [2.24, 2.45) is 4.99 Å². The Morgan fingerprint density at radius 3 is 2.82 bits per heavy atom. The Balaban J connectivity index is 1.53. The van der Waals surface area contributed by atoms with Crippen LogP contribution in [0.3, 0.4) is 0 Å². The molecule has 4 rings (SSSR count). The van der Waals surface area contributed by atoms with E-state index >= 15 is 0 Å². The van der Waals surface area contributed by atoms with Crippen LogP contribution in [0.4, 0.5) is 5.82 Å². The molecule has 0 atom stereocenters.